The van der Waals surface area contributed by atoms with Crippen LogP contribution >= 0.6 is 0 Å². The molecule has 5 nitrogen and oxygen atoms in total. The fraction of sp³-hybridized carbons (Fsp3) is 0.692. The zero-order valence-electron chi connectivity index (χ0n) is 12.1. The van der Waals surface area contributed by atoms with Gasteiger partial charge in [-0.2, -0.15) is 5.10 Å². The number of aryl methyl sites for hydroxylation is 2. The number of carbonyl (C=O) groups is 1. The van der Waals surface area contributed by atoms with Gasteiger partial charge < -0.3 is 10.2 Å². The van der Waals surface area contributed by atoms with Gasteiger partial charge in [-0.15, -0.1) is 0 Å². The Labute approximate surface area is 109 Å². The number of aromatic nitrogens is 2. The number of nitrogens with one attached hydrogen (secondary N) is 1. The first-order chi connectivity index (χ1) is 8.51. The third-order valence-electron chi connectivity index (χ3n) is 3.34. The zero-order valence-corrected chi connectivity index (χ0v) is 12.1. The van der Waals surface area contributed by atoms with Crippen molar-refractivity contribution >= 4 is 5.91 Å². The van der Waals surface area contributed by atoms with E-state index in [-0.39, 0.29) is 5.91 Å². The van der Waals surface area contributed by atoms with Crippen LogP contribution < -0.4 is 5.32 Å². The van der Waals surface area contributed by atoms with Gasteiger partial charge in [-0.1, -0.05) is 13.8 Å². The van der Waals surface area contributed by atoms with Crippen LogP contribution in [-0.4, -0.2) is 46.8 Å². The summed E-state index contributed by atoms with van der Waals surface area (Å²) < 4.78 is 1.74. The van der Waals surface area contributed by atoms with Crippen molar-refractivity contribution in [2.75, 3.05) is 26.2 Å². The van der Waals surface area contributed by atoms with E-state index in [1.807, 2.05) is 20.9 Å². The maximum absolute atomic E-state index is 12.1. The number of likely N-dealkylation sites (N-methyl/N-ethyl adjacent to an activating group) is 1. The Morgan fingerprint density at radius 2 is 1.94 bits per heavy atom. The largest absolute Gasteiger partial charge is 0.351 e. The quantitative estimate of drug-likeness (QED) is 0.825. The summed E-state index contributed by atoms with van der Waals surface area (Å²) in [5.41, 5.74) is 2.40. The van der Waals surface area contributed by atoms with Crippen molar-refractivity contribution in [2.45, 2.75) is 27.7 Å². The molecule has 1 aromatic rings. The van der Waals surface area contributed by atoms with Crippen LogP contribution in [0.25, 0.3) is 0 Å². The normalized spacial score (nSPS) is 11.0. The van der Waals surface area contributed by atoms with Crippen molar-refractivity contribution in [3.05, 3.63) is 17.0 Å². The van der Waals surface area contributed by atoms with Gasteiger partial charge in [0.05, 0.1) is 11.3 Å². The van der Waals surface area contributed by atoms with Crippen molar-refractivity contribution in [1.29, 1.82) is 0 Å². The van der Waals surface area contributed by atoms with Gasteiger partial charge in [-0.25, -0.2) is 0 Å². The molecular weight excluding hydrogens is 228 g/mol. The molecule has 0 atom stereocenters. The number of nitrogens with zero attached hydrogens (tertiary/aromatic N) is 3. The second-order valence-electron chi connectivity index (χ2n) is 4.45. The fourth-order valence-electron chi connectivity index (χ4n) is 2.06. The van der Waals surface area contributed by atoms with Gasteiger partial charge in [0.1, 0.15) is 0 Å². The molecule has 0 bridgehead atoms. The zero-order chi connectivity index (χ0) is 13.7. The topological polar surface area (TPSA) is 50.2 Å². The summed E-state index contributed by atoms with van der Waals surface area (Å²) in [6.07, 6.45) is 0. The summed E-state index contributed by atoms with van der Waals surface area (Å²) in [5.74, 6) is -0.0229. The van der Waals surface area contributed by atoms with Gasteiger partial charge in [0.15, 0.2) is 0 Å². The first-order valence-corrected chi connectivity index (χ1v) is 6.52. The standard InChI is InChI=1S/C13H24N4O/c1-6-17(7-2)9-8-14-13(18)12-10(3)15-16(5)11(12)4/h6-9H2,1-5H3,(H,14,18). The molecule has 0 radical (unpaired) electrons. The molecule has 0 saturated heterocycles. The van der Waals surface area contributed by atoms with E-state index in [2.05, 4.69) is 29.2 Å². The van der Waals surface area contributed by atoms with E-state index in [0.717, 1.165) is 31.0 Å². The Morgan fingerprint density at radius 1 is 1.33 bits per heavy atom. The Bertz CT molecular complexity index is 407. The maximum atomic E-state index is 12.1. The number of rotatable bonds is 6. The number of amides is 1. The molecule has 5 heteroatoms. The molecule has 1 amide bonds. The van der Waals surface area contributed by atoms with E-state index < -0.39 is 0 Å². The van der Waals surface area contributed by atoms with E-state index in [1.165, 1.54) is 0 Å². The second kappa shape index (κ2) is 6.54. The monoisotopic (exact) mass is 252 g/mol. The minimum absolute atomic E-state index is 0.0229. The Balaban J connectivity index is 2.56. The molecule has 0 aliphatic heterocycles. The first-order valence-electron chi connectivity index (χ1n) is 6.52. The molecule has 0 fully saturated rings. The molecule has 1 heterocycles. The van der Waals surface area contributed by atoms with Gasteiger partial charge >= 0.3 is 0 Å². The average Bonchev–Trinajstić information content (AvgIpc) is 2.59. The van der Waals surface area contributed by atoms with Crippen molar-refractivity contribution in [1.82, 2.24) is 20.0 Å². The van der Waals surface area contributed by atoms with Gasteiger partial charge in [0, 0.05) is 25.8 Å². The third-order valence-corrected chi connectivity index (χ3v) is 3.34. The Hall–Kier alpha value is -1.36. The first kappa shape index (κ1) is 14.7. The van der Waals surface area contributed by atoms with Gasteiger partial charge in [-0.05, 0) is 26.9 Å². The van der Waals surface area contributed by atoms with E-state index in [4.69, 9.17) is 0 Å². The molecule has 0 aliphatic carbocycles. The summed E-state index contributed by atoms with van der Waals surface area (Å²) in [5, 5.41) is 7.21. The van der Waals surface area contributed by atoms with E-state index >= 15 is 0 Å². The summed E-state index contributed by atoms with van der Waals surface area (Å²) >= 11 is 0. The average molecular weight is 252 g/mol. The summed E-state index contributed by atoms with van der Waals surface area (Å²) in [6.45, 7) is 11.6. The molecule has 1 aromatic heterocycles. The highest BCUT2D eigenvalue weighted by Crippen LogP contribution is 2.11. The van der Waals surface area contributed by atoms with E-state index in [0.29, 0.717) is 12.1 Å². The van der Waals surface area contributed by atoms with E-state index in [9.17, 15) is 4.79 Å². The predicted octanol–water partition coefficient (Wildman–Crippen LogP) is 1.11. The summed E-state index contributed by atoms with van der Waals surface area (Å²) in [4.78, 5) is 14.4. The van der Waals surface area contributed by atoms with Crippen LogP contribution in [0.5, 0.6) is 0 Å². The highest BCUT2D eigenvalue weighted by molar-refractivity contribution is 5.96. The lowest BCUT2D eigenvalue weighted by Crippen LogP contribution is -2.35. The summed E-state index contributed by atoms with van der Waals surface area (Å²) in [6, 6.07) is 0. The molecule has 102 valence electrons. The Morgan fingerprint density at radius 3 is 2.39 bits per heavy atom. The number of carbonyl (C=O) groups excluding carboxylic acids is 1. The third kappa shape index (κ3) is 3.32. The van der Waals surface area contributed by atoms with Crippen LogP contribution in [0.1, 0.15) is 35.6 Å². The Kier molecular flexibility index (Phi) is 5.34. The van der Waals surface area contributed by atoms with Crippen LogP contribution in [-0.2, 0) is 7.05 Å². The molecule has 0 unspecified atom stereocenters. The fourth-order valence-corrected chi connectivity index (χ4v) is 2.06. The minimum atomic E-state index is -0.0229. The maximum Gasteiger partial charge on any atom is 0.255 e. The van der Waals surface area contributed by atoms with Crippen LogP contribution in [0.3, 0.4) is 0 Å². The van der Waals surface area contributed by atoms with Crippen molar-refractivity contribution in [2.24, 2.45) is 7.05 Å². The SMILES string of the molecule is CCN(CC)CCNC(=O)c1c(C)nn(C)c1C. The van der Waals surface area contributed by atoms with Gasteiger partial charge in [-0.3, -0.25) is 9.48 Å². The van der Waals surface area contributed by atoms with Crippen molar-refractivity contribution < 1.29 is 4.79 Å². The van der Waals surface area contributed by atoms with Crippen LogP contribution in [0.4, 0.5) is 0 Å². The van der Waals surface area contributed by atoms with Gasteiger partial charge in [0.2, 0.25) is 0 Å². The smallest absolute Gasteiger partial charge is 0.255 e. The van der Waals surface area contributed by atoms with Crippen molar-refractivity contribution in [3.63, 3.8) is 0 Å². The minimum Gasteiger partial charge on any atom is -0.351 e. The predicted molar refractivity (Wildman–Crippen MR) is 72.8 cm³/mol. The van der Waals surface area contributed by atoms with Crippen LogP contribution in [0.2, 0.25) is 0 Å². The molecule has 0 aliphatic rings. The molecule has 0 aromatic carbocycles. The van der Waals surface area contributed by atoms with E-state index in [1.54, 1.807) is 4.68 Å². The highest BCUT2D eigenvalue weighted by atomic mass is 16.1. The molecule has 1 rings (SSSR count). The lowest BCUT2D eigenvalue weighted by molar-refractivity contribution is 0.0947. The van der Waals surface area contributed by atoms with Crippen LogP contribution in [0.15, 0.2) is 0 Å². The molecule has 0 saturated carbocycles. The van der Waals surface area contributed by atoms with Crippen molar-refractivity contribution in [3.8, 4) is 0 Å². The molecule has 18 heavy (non-hydrogen) atoms. The molecule has 1 N–H and O–H groups in total. The second-order valence-corrected chi connectivity index (χ2v) is 4.45. The number of hydrogen-bond donors (Lipinski definition) is 1. The highest BCUT2D eigenvalue weighted by Gasteiger charge is 2.16. The van der Waals surface area contributed by atoms with Crippen LogP contribution in [0, 0.1) is 13.8 Å². The summed E-state index contributed by atoms with van der Waals surface area (Å²) in [7, 11) is 1.86. The lowest BCUT2D eigenvalue weighted by atomic mass is 10.2. The molecule has 0 spiro atoms. The van der Waals surface area contributed by atoms with Gasteiger partial charge in [0.25, 0.3) is 5.91 Å². The number of hydrogen-bond acceptors (Lipinski definition) is 3. The lowest BCUT2D eigenvalue weighted by Gasteiger charge is -2.17. The molecular formula is C13H24N4O.